The number of carboxylic acid groups (broad SMARTS) is 1. The quantitative estimate of drug-likeness (QED) is 0.929. The van der Waals surface area contributed by atoms with E-state index in [1.54, 1.807) is 11.0 Å². The Bertz CT molecular complexity index is 488. The SMILES string of the molecule is O=C(O)[C@@H]1CCCN(Cc2ccccc2C(F)(F)F)C1. The Hall–Kier alpha value is -1.56. The first-order chi connectivity index (χ1) is 9.38. The van der Waals surface area contributed by atoms with Crippen LogP contribution < -0.4 is 0 Å². The number of alkyl halides is 3. The lowest BCUT2D eigenvalue weighted by molar-refractivity contribution is -0.144. The molecule has 0 radical (unpaired) electrons. The number of carboxylic acids is 1. The zero-order chi connectivity index (χ0) is 14.8. The number of aliphatic carboxylic acids is 1. The van der Waals surface area contributed by atoms with Crippen LogP contribution in [-0.4, -0.2) is 29.1 Å². The van der Waals surface area contributed by atoms with Gasteiger partial charge in [-0.25, -0.2) is 0 Å². The van der Waals surface area contributed by atoms with Crippen molar-refractivity contribution in [3.8, 4) is 0 Å². The first kappa shape index (κ1) is 14.8. The summed E-state index contributed by atoms with van der Waals surface area (Å²) in [5, 5.41) is 9.00. The van der Waals surface area contributed by atoms with Crippen molar-refractivity contribution in [2.75, 3.05) is 13.1 Å². The second kappa shape index (κ2) is 5.83. The monoisotopic (exact) mass is 287 g/mol. The molecule has 0 amide bonds. The standard InChI is InChI=1S/C14H16F3NO2/c15-14(16,17)12-6-2-1-4-10(12)8-18-7-3-5-11(9-18)13(19)20/h1-2,4,6,11H,3,5,7-9H2,(H,19,20)/t11-/m1/s1. The van der Waals surface area contributed by atoms with Crippen LogP contribution >= 0.6 is 0 Å². The predicted octanol–water partition coefficient (Wildman–Crippen LogP) is 3.00. The molecule has 1 atom stereocenters. The van der Waals surface area contributed by atoms with Crippen LogP contribution in [0.2, 0.25) is 0 Å². The maximum absolute atomic E-state index is 12.9. The van der Waals surface area contributed by atoms with Crippen molar-refractivity contribution in [3.63, 3.8) is 0 Å². The summed E-state index contributed by atoms with van der Waals surface area (Å²) in [6.07, 6.45) is -3.09. The topological polar surface area (TPSA) is 40.5 Å². The van der Waals surface area contributed by atoms with Gasteiger partial charge in [0.15, 0.2) is 0 Å². The van der Waals surface area contributed by atoms with Gasteiger partial charge in [0.05, 0.1) is 11.5 Å². The van der Waals surface area contributed by atoms with Crippen LogP contribution in [0.3, 0.4) is 0 Å². The second-order valence-corrected chi connectivity index (χ2v) is 5.07. The molecule has 20 heavy (non-hydrogen) atoms. The molecule has 1 aromatic carbocycles. The number of benzene rings is 1. The van der Waals surface area contributed by atoms with Crippen LogP contribution in [0.1, 0.15) is 24.0 Å². The summed E-state index contributed by atoms with van der Waals surface area (Å²) in [7, 11) is 0. The van der Waals surface area contributed by atoms with E-state index in [1.807, 2.05) is 0 Å². The van der Waals surface area contributed by atoms with Gasteiger partial charge < -0.3 is 5.11 Å². The Kier molecular flexibility index (Phi) is 4.32. The number of carbonyl (C=O) groups is 1. The van der Waals surface area contributed by atoms with Crippen LogP contribution in [0.5, 0.6) is 0 Å². The molecule has 0 aromatic heterocycles. The van der Waals surface area contributed by atoms with Crippen LogP contribution in [0, 0.1) is 5.92 Å². The average Bonchev–Trinajstić information content (AvgIpc) is 2.38. The fourth-order valence-corrected chi connectivity index (χ4v) is 2.58. The molecule has 0 aliphatic carbocycles. The van der Waals surface area contributed by atoms with E-state index in [0.717, 1.165) is 6.07 Å². The summed E-state index contributed by atoms with van der Waals surface area (Å²) in [6.45, 7) is 1.08. The predicted molar refractivity (Wildman–Crippen MR) is 67.1 cm³/mol. The molecule has 1 N–H and O–H groups in total. The molecule has 0 bridgehead atoms. The van der Waals surface area contributed by atoms with Gasteiger partial charge in [0.2, 0.25) is 0 Å². The molecule has 1 heterocycles. The Balaban J connectivity index is 2.12. The fraction of sp³-hybridized carbons (Fsp3) is 0.500. The van der Waals surface area contributed by atoms with E-state index in [9.17, 15) is 18.0 Å². The third-order valence-corrected chi connectivity index (χ3v) is 3.57. The van der Waals surface area contributed by atoms with Gasteiger partial charge in [-0.1, -0.05) is 18.2 Å². The highest BCUT2D eigenvalue weighted by Crippen LogP contribution is 2.32. The van der Waals surface area contributed by atoms with Crippen LogP contribution in [0.4, 0.5) is 13.2 Å². The second-order valence-electron chi connectivity index (χ2n) is 5.07. The highest BCUT2D eigenvalue weighted by Gasteiger charge is 2.34. The summed E-state index contributed by atoms with van der Waals surface area (Å²) in [4.78, 5) is 12.8. The maximum atomic E-state index is 12.9. The van der Waals surface area contributed by atoms with Crippen molar-refractivity contribution in [2.45, 2.75) is 25.6 Å². The molecular weight excluding hydrogens is 271 g/mol. The molecule has 0 spiro atoms. The molecule has 1 aliphatic rings. The Morgan fingerprint density at radius 3 is 2.70 bits per heavy atom. The Morgan fingerprint density at radius 2 is 2.05 bits per heavy atom. The number of piperidine rings is 1. The molecule has 3 nitrogen and oxygen atoms in total. The Labute approximate surface area is 115 Å². The van der Waals surface area contributed by atoms with Crippen molar-refractivity contribution < 1.29 is 23.1 Å². The third-order valence-electron chi connectivity index (χ3n) is 3.57. The summed E-state index contributed by atoms with van der Waals surface area (Å²) in [6, 6.07) is 5.45. The number of likely N-dealkylation sites (tertiary alicyclic amines) is 1. The van der Waals surface area contributed by atoms with Crippen molar-refractivity contribution in [2.24, 2.45) is 5.92 Å². The van der Waals surface area contributed by atoms with E-state index in [2.05, 4.69) is 0 Å². The fourth-order valence-electron chi connectivity index (χ4n) is 2.58. The van der Waals surface area contributed by atoms with E-state index >= 15 is 0 Å². The van der Waals surface area contributed by atoms with Crippen molar-refractivity contribution >= 4 is 5.97 Å². The molecule has 110 valence electrons. The van der Waals surface area contributed by atoms with Gasteiger partial charge in [0.1, 0.15) is 0 Å². The van der Waals surface area contributed by atoms with E-state index in [4.69, 9.17) is 5.11 Å². The number of hydrogen-bond acceptors (Lipinski definition) is 2. The smallest absolute Gasteiger partial charge is 0.416 e. The van der Waals surface area contributed by atoms with Gasteiger partial charge >= 0.3 is 12.1 Å². The van der Waals surface area contributed by atoms with Crippen LogP contribution in [-0.2, 0) is 17.5 Å². The van der Waals surface area contributed by atoms with Gasteiger partial charge in [-0.3, -0.25) is 9.69 Å². The van der Waals surface area contributed by atoms with Crippen molar-refractivity contribution in [3.05, 3.63) is 35.4 Å². The lowest BCUT2D eigenvalue weighted by Crippen LogP contribution is -2.38. The minimum Gasteiger partial charge on any atom is -0.481 e. The van der Waals surface area contributed by atoms with Crippen molar-refractivity contribution in [1.82, 2.24) is 4.90 Å². The molecule has 1 fully saturated rings. The molecule has 2 rings (SSSR count). The number of hydrogen-bond donors (Lipinski definition) is 1. The molecule has 1 aromatic rings. The van der Waals surface area contributed by atoms with E-state index < -0.39 is 23.6 Å². The minimum absolute atomic E-state index is 0.138. The highest BCUT2D eigenvalue weighted by atomic mass is 19.4. The summed E-state index contributed by atoms with van der Waals surface area (Å²) >= 11 is 0. The van der Waals surface area contributed by atoms with Gasteiger partial charge in [0, 0.05) is 13.1 Å². The molecule has 0 unspecified atom stereocenters. The number of nitrogens with zero attached hydrogens (tertiary/aromatic N) is 1. The third kappa shape index (κ3) is 3.50. The zero-order valence-corrected chi connectivity index (χ0v) is 10.9. The van der Waals surface area contributed by atoms with E-state index in [0.29, 0.717) is 25.9 Å². The highest BCUT2D eigenvalue weighted by molar-refractivity contribution is 5.70. The van der Waals surface area contributed by atoms with Crippen LogP contribution in [0.25, 0.3) is 0 Å². The molecule has 1 aliphatic heterocycles. The first-order valence-corrected chi connectivity index (χ1v) is 6.48. The van der Waals surface area contributed by atoms with Gasteiger partial charge in [0.25, 0.3) is 0 Å². The molecule has 6 heteroatoms. The van der Waals surface area contributed by atoms with E-state index in [-0.39, 0.29) is 12.1 Å². The summed E-state index contributed by atoms with van der Waals surface area (Å²) in [5.41, 5.74) is -0.441. The minimum atomic E-state index is -4.38. The normalized spacial score (nSPS) is 20.9. The molecular formula is C14H16F3NO2. The number of halogens is 3. The first-order valence-electron chi connectivity index (χ1n) is 6.48. The van der Waals surface area contributed by atoms with Crippen LogP contribution in [0.15, 0.2) is 24.3 Å². The average molecular weight is 287 g/mol. The van der Waals surface area contributed by atoms with Crippen molar-refractivity contribution in [1.29, 1.82) is 0 Å². The summed E-state index contributed by atoms with van der Waals surface area (Å²) in [5.74, 6) is -1.36. The Morgan fingerprint density at radius 1 is 1.35 bits per heavy atom. The summed E-state index contributed by atoms with van der Waals surface area (Å²) < 4.78 is 38.7. The largest absolute Gasteiger partial charge is 0.481 e. The van der Waals surface area contributed by atoms with Gasteiger partial charge in [-0.2, -0.15) is 13.2 Å². The van der Waals surface area contributed by atoms with Gasteiger partial charge in [-0.05, 0) is 31.0 Å². The maximum Gasteiger partial charge on any atom is 0.416 e. The van der Waals surface area contributed by atoms with E-state index in [1.165, 1.54) is 12.1 Å². The number of rotatable bonds is 3. The molecule has 0 saturated carbocycles. The van der Waals surface area contributed by atoms with Gasteiger partial charge in [-0.15, -0.1) is 0 Å². The lowest BCUT2D eigenvalue weighted by Gasteiger charge is -2.31. The molecule has 1 saturated heterocycles. The lowest BCUT2D eigenvalue weighted by atomic mass is 9.97. The zero-order valence-electron chi connectivity index (χ0n) is 10.9.